The van der Waals surface area contributed by atoms with Gasteiger partial charge in [-0.1, -0.05) is 6.92 Å². The predicted molar refractivity (Wildman–Crippen MR) is 70.3 cm³/mol. The van der Waals surface area contributed by atoms with Crippen molar-refractivity contribution >= 4 is 0 Å². The molecule has 1 saturated heterocycles. The lowest BCUT2D eigenvalue weighted by Crippen LogP contribution is -2.18. The quantitative estimate of drug-likeness (QED) is 0.864. The third kappa shape index (κ3) is 2.24. The lowest BCUT2D eigenvalue weighted by Gasteiger charge is -2.14. The zero-order valence-corrected chi connectivity index (χ0v) is 11.4. The monoisotopic (exact) mass is 236 g/mol. The number of likely N-dealkylation sites (N-methyl/N-ethyl adjacent to an activating group) is 1. The van der Waals surface area contributed by atoms with Gasteiger partial charge in [-0.2, -0.15) is 5.10 Å². The van der Waals surface area contributed by atoms with E-state index in [2.05, 4.69) is 37.4 Å². The van der Waals surface area contributed by atoms with Crippen molar-refractivity contribution in [2.24, 2.45) is 5.73 Å². The van der Waals surface area contributed by atoms with E-state index < -0.39 is 0 Å². The molecule has 0 radical (unpaired) electrons. The highest BCUT2D eigenvalue weighted by atomic mass is 15.3. The molecule has 0 saturated carbocycles. The minimum Gasteiger partial charge on any atom is -0.330 e. The highest BCUT2D eigenvalue weighted by Crippen LogP contribution is 2.28. The molecule has 0 spiro atoms. The van der Waals surface area contributed by atoms with Gasteiger partial charge in [0.15, 0.2) is 0 Å². The molecule has 0 bridgehead atoms. The van der Waals surface area contributed by atoms with Gasteiger partial charge in [0, 0.05) is 17.8 Å². The Bertz CT molecular complexity index is 396. The van der Waals surface area contributed by atoms with Crippen LogP contribution < -0.4 is 5.73 Å². The predicted octanol–water partition coefficient (Wildman–Crippen LogP) is 1.44. The van der Waals surface area contributed by atoms with E-state index in [1.54, 1.807) is 0 Å². The normalized spacial score (nSPS) is 23.2. The van der Waals surface area contributed by atoms with Crippen LogP contribution in [0.1, 0.15) is 42.3 Å². The summed E-state index contributed by atoms with van der Waals surface area (Å²) in [6.07, 6.45) is 1.20. The molecule has 17 heavy (non-hydrogen) atoms. The van der Waals surface area contributed by atoms with Gasteiger partial charge >= 0.3 is 0 Å². The Hall–Kier alpha value is -0.870. The fraction of sp³-hybridized carbons (Fsp3) is 0.769. The number of hydrogen-bond donors (Lipinski definition) is 1. The summed E-state index contributed by atoms with van der Waals surface area (Å²) in [5, 5.41) is 4.73. The number of aryl methyl sites for hydroxylation is 1. The van der Waals surface area contributed by atoms with Crippen LogP contribution in [0.5, 0.6) is 0 Å². The van der Waals surface area contributed by atoms with E-state index in [4.69, 9.17) is 10.8 Å². The van der Waals surface area contributed by atoms with Crippen molar-refractivity contribution in [3.8, 4) is 0 Å². The molecule has 1 aromatic heterocycles. The molecule has 1 fully saturated rings. The first kappa shape index (κ1) is 12.6. The number of nitrogens with two attached hydrogens (primary N) is 1. The van der Waals surface area contributed by atoms with Crippen molar-refractivity contribution in [1.29, 1.82) is 0 Å². The summed E-state index contributed by atoms with van der Waals surface area (Å²) in [6.45, 7) is 9.44. The van der Waals surface area contributed by atoms with Gasteiger partial charge in [-0.25, -0.2) is 0 Å². The average Bonchev–Trinajstić information content (AvgIpc) is 2.82. The van der Waals surface area contributed by atoms with Gasteiger partial charge in [-0.05, 0) is 46.3 Å². The van der Waals surface area contributed by atoms with Crippen LogP contribution in [0.15, 0.2) is 0 Å². The molecule has 2 N–H and O–H groups in total. The van der Waals surface area contributed by atoms with Gasteiger partial charge in [0.05, 0.1) is 11.7 Å². The van der Waals surface area contributed by atoms with Crippen molar-refractivity contribution in [2.75, 3.05) is 26.7 Å². The summed E-state index contributed by atoms with van der Waals surface area (Å²) in [5.74, 6) is 0.405. The van der Waals surface area contributed by atoms with Crippen LogP contribution in [0.25, 0.3) is 0 Å². The first-order valence-electron chi connectivity index (χ1n) is 6.48. The Morgan fingerprint density at radius 3 is 2.71 bits per heavy atom. The van der Waals surface area contributed by atoms with Crippen LogP contribution in [-0.2, 0) is 0 Å². The van der Waals surface area contributed by atoms with Gasteiger partial charge < -0.3 is 10.6 Å². The Labute approximate surface area is 104 Å². The van der Waals surface area contributed by atoms with E-state index in [0.717, 1.165) is 12.2 Å². The second kappa shape index (κ2) is 4.78. The molecule has 2 rings (SSSR count). The van der Waals surface area contributed by atoms with Crippen molar-refractivity contribution in [2.45, 2.75) is 39.2 Å². The molecule has 0 aromatic carbocycles. The van der Waals surface area contributed by atoms with E-state index in [0.29, 0.717) is 18.5 Å². The van der Waals surface area contributed by atoms with E-state index in [-0.39, 0.29) is 0 Å². The number of rotatable bonds is 3. The number of likely N-dealkylation sites (tertiary alicyclic amines) is 1. The maximum absolute atomic E-state index is 5.78. The van der Waals surface area contributed by atoms with E-state index >= 15 is 0 Å². The van der Waals surface area contributed by atoms with Crippen molar-refractivity contribution in [1.82, 2.24) is 14.7 Å². The summed E-state index contributed by atoms with van der Waals surface area (Å²) >= 11 is 0. The topological polar surface area (TPSA) is 47.1 Å². The van der Waals surface area contributed by atoms with Crippen molar-refractivity contribution in [3.63, 3.8) is 0 Å². The average molecular weight is 236 g/mol. The summed E-state index contributed by atoms with van der Waals surface area (Å²) in [6, 6.07) is 0.539. The third-order valence-corrected chi connectivity index (χ3v) is 3.94. The SMILES string of the molecule is Cc1nn(C2CCN(C)C2)c(C)c1C(C)CN. The first-order valence-corrected chi connectivity index (χ1v) is 6.48. The van der Waals surface area contributed by atoms with Gasteiger partial charge in [0.25, 0.3) is 0 Å². The zero-order valence-electron chi connectivity index (χ0n) is 11.4. The number of aromatic nitrogens is 2. The van der Waals surface area contributed by atoms with E-state index in [1.807, 2.05) is 0 Å². The minimum atomic E-state index is 0.405. The molecule has 2 heterocycles. The second-order valence-electron chi connectivity index (χ2n) is 5.37. The van der Waals surface area contributed by atoms with E-state index in [1.165, 1.54) is 24.2 Å². The summed E-state index contributed by atoms with van der Waals surface area (Å²) in [4.78, 5) is 2.37. The van der Waals surface area contributed by atoms with Gasteiger partial charge in [-0.3, -0.25) is 4.68 Å². The molecule has 0 amide bonds. The van der Waals surface area contributed by atoms with Crippen LogP contribution in [0.3, 0.4) is 0 Å². The molecule has 1 aromatic rings. The Kier molecular flexibility index (Phi) is 3.54. The first-order chi connectivity index (χ1) is 8.04. The van der Waals surface area contributed by atoms with Crippen molar-refractivity contribution in [3.05, 3.63) is 17.0 Å². The Morgan fingerprint density at radius 1 is 1.47 bits per heavy atom. The highest BCUT2D eigenvalue weighted by Gasteiger charge is 2.25. The molecule has 96 valence electrons. The molecule has 4 heteroatoms. The number of hydrogen-bond acceptors (Lipinski definition) is 3. The van der Waals surface area contributed by atoms with Crippen LogP contribution in [-0.4, -0.2) is 41.4 Å². The summed E-state index contributed by atoms with van der Waals surface area (Å²) in [5.41, 5.74) is 9.58. The zero-order chi connectivity index (χ0) is 12.6. The molecule has 2 atom stereocenters. The third-order valence-electron chi connectivity index (χ3n) is 3.94. The van der Waals surface area contributed by atoms with Gasteiger partial charge in [0.2, 0.25) is 0 Å². The van der Waals surface area contributed by atoms with Crippen molar-refractivity contribution < 1.29 is 0 Å². The van der Waals surface area contributed by atoms with Gasteiger partial charge in [0.1, 0.15) is 0 Å². The largest absolute Gasteiger partial charge is 0.330 e. The lowest BCUT2D eigenvalue weighted by atomic mass is 9.99. The second-order valence-corrected chi connectivity index (χ2v) is 5.37. The fourth-order valence-corrected chi connectivity index (χ4v) is 2.97. The Morgan fingerprint density at radius 2 is 2.18 bits per heavy atom. The van der Waals surface area contributed by atoms with Crippen LogP contribution >= 0.6 is 0 Å². The lowest BCUT2D eigenvalue weighted by molar-refractivity contribution is 0.379. The molecule has 4 nitrogen and oxygen atoms in total. The number of nitrogens with zero attached hydrogens (tertiary/aromatic N) is 3. The summed E-state index contributed by atoms with van der Waals surface area (Å²) < 4.78 is 2.22. The molecular formula is C13H24N4. The maximum Gasteiger partial charge on any atom is 0.0661 e. The smallest absolute Gasteiger partial charge is 0.0661 e. The Balaban J connectivity index is 2.30. The van der Waals surface area contributed by atoms with Crippen LogP contribution in [0, 0.1) is 13.8 Å². The molecular weight excluding hydrogens is 212 g/mol. The van der Waals surface area contributed by atoms with Gasteiger partial charge in [-0.15, -0.1) is 0 Å². The summed E-state index contributed by atoms with van der Waals surface area (Å²) in [7, 11) is 2.18. The fourth-order valence-electron chi connectivity index (χ4n) is 2.97. The van der Waals surface area contributed by atoms with E-state index in [9.17, 15) is 0 Å². The maximum atomic E-state index is 5.78. The molecule has 1 aliphatic heterocycles. The standard InChI is InChI=1S/C13H24N4/c1-9(7-14)13-10(2)15-17(11(13)3)12-5-6-16(4)8-12/h9,12H,5-8,14H2,1-4H3. The molecule has 2 unspecified atom stereocenters. The minimum absolute atomic E-state index is 0.405. The molecule has 0 aliphatic carbocycles. The van der Waals surface area contributed by atoms with Crippen LogP contribution in [0.2, 0.25) is 0 Å². The highest BCUT2D eigenvalue weighted by molar-refractivity contribution is 5.29. The van der Waals surface area contributed by atoms with Crippen LogP contribution in [0.4, 0.5) is 0 Å². The molecule has 1 aliphatic rings.